The summed E-state index contributed by atoms with van der Waals surface area (Å²) in [6.45, 7) is 1.79. The highest BCUT2D eigenvalue weighted by atomic mass is 32.2. The van der Waals surface area contributed by atoms with Crippen molar-refractivity contribution < 1.29 is 22.7 Å². The zero-order chi connectivity index (χ0) is 12.9. The van der Waals surface area contributed by atoms with Crippen molar-refractivity contribution in [2.45, 2.75) is 17.6 Å². The number of esters is 1. The molecule has 0 unspecified atom stereocenters. The van der Waals surface area contributed by atoms with E-state index in [0.717, 1.165) is 11.3 Å². The number of ether oxygens (including phenoxy) is 1. The zero-order valence-corrected chi connectivity index (χ0v) is 10.8. The monoisotopic (exact) mass is 276 g/mol. The first-order chi connectivity index (χ1) is 7.95. The molecule has 0 atom stereocenters. The molecule has 1 heterocycles. The maximum Gasteiger partial charge on any atom is 0.313 e. The zero-order valence-electron chi connectivity index (χ0n) is 9.21. The van der Waals surface area contributed by atoms with Crippen LogP contribution >= 0.6 is 11.3 Å². The number of ketones is 1. The lowest BCUT2D eigenvalue weighted by Crippen LogP contribution is -2.19. The highest BCUT2D eigenvalue weighted by Gasteiger charge is 2.22. The highest BCUT2D eigenvalue weighted by Crippen LogP contribution is 2.17. The highest BCUT2D eigenvalue weighted by molar-refractivity contribution is 7.94. The van der Waals surface area contributed by atoms with E-state index in [1.165, 1.54) is 6.07 Å². The number of carbonyl (C=O) groups is 2. The quantitative estimate of drug-likeness (QED) is 0.573. The van der Waals surface area contributed by atoms with E-state index in [4.69, 9.17) is 0 Å². The van der Waals surface area contributed by atoms with E-state index >= 15 is 0 Å². The predicted molar refractivity (Wildman–Crippen MR) is 62.6 cm³/mol. The standard InChI is InChI=1S/C10H12O5S2/c1-2-15-9(12)6-8(11)7-17(13,14)10-4-3-5-16-10/h3-5H,2,6-7H2,1H3. The van der Waals surface area contributed by atoms with Gasteiger partial charge in [0.1, 0.15) is 16.4 Å². The molecule has 0 saturated heterocycles. The summed E-state index contributed by atoms with van der Waals surface area (Å²) in [5.41, 5.74) is 0. The number of sulfone groups is 1. The largest absolute Gasteiger partial charge is 0.466 e. The van der Waals surface area contributed by atoms with E-state index in [-0.39, 0.29) is 10.8 Å². The third kappa shape index (κ3) is 4.27. The Balaban J connectivity index is 2.60. The lowest BCUT2D eigenvalue weighted by atomic mass is 10.3. The summed E-state index contributed by atoms with van der Waals surface area (Å²) in [6, 6.07) is 3.02. The van der Waals surface area contributed by atoms with Crippen LogP contribution in [-0.2, 0) is 24.2 Å². The lowest BCUT2D eigenvalue weighted by molar-refractivity contribution is -0.145. The number of hydrogen-bond donors (Lipinski definition) is 0. The van der Waals surface area contributed by atoms with Crippen molar-refractivity contribution in [1.82, 2.24) is 0 Å². The summed E-state index contributed by atoms with van der Waals surface area (Å²) in [6.07, 6.45) is -0.502. The maximum absolute atomic E-state index is 11.7. The van der Waals surface area contributed by atoms with Crippen LogP contribution in [0.1, 0.15) is 13.3 Å². The van der Waals surface area contributed by atoms with Crippen molar-refractivity contribution >= 4 is 32.9 Å². The topological polar surface area (TPSA) is 77.5 Å². The Kier molecular flexibility index (Phi) is 4.83. The normalized spacial score (nSPS) is 11.1. The van der Waals surface area contributed by atoms with E-state index in [0.29, 0.717) is 0 Å². The van der Waals surface area contributed by atoms with Gasteiger partial charge in [-0.25, -0.2) is 8.42 Å². The first kappa shape index (κ1) is 13.9. The van der Waals surface area contributed by atoms with Crippen LogP contribution in [0.3, 0.4) is 0 Å². The molecule has 17 heavy (non-hydrogen) atoms. The van der Waals surface area contributed by atoms with Gasteiger partial charge in [0.15, 0.2) is 15.6 Å². The summed E-state index contributed by atoms with van der Waals surface area (Å²) in [5, 5.41) is 1.61. The van der Waals surface area contributed by atoms with E-state index in [1.807, 2.05) is 0 Å². The Morgan fingerprint density at radius 1 is 1.41 bits per heavy atom. The number of rotatable bonds is 6. The third-order valence-electron chi connectivity index (χ3n) is 1.80. The SMILES string of the molecule is CCOC(=O)CC(=O)CS(=O)(=O)c1cccs1. The molecular formula is C10H12O5S2. The summed E-state index contributed by atoms with van der Waals surface area (Å²) in [5.74, 6) is -2.01. The maximum atomic E-state index is 11.7. The van der Waals surface area contributed by atoms with Crippen LogP contribution in [0.4, 0.5) is 0 Å². The molecule has 0 bridgehead atoms. The average molecular weight is 276 g/mol. The van der Waals surface area contributed by atoms with Crippen LogP contribution in [0.25, 0.3) is 0 Å². The first-order valence-electron chi connectivity index (χ1n) is 4.89. The Morgan fingerprint density at radius 2 is 2.12 bits per heavy atom. The second kappa shape index (κ2) is 5.92. The Labute approximate surface area is 103 Å². The van der Waals surface area contributed by atoms with Crippen molar-refractivity contribution in [2.24, 2.45) is 0 Å². The van der Waals surface area contributed by atoms with Gasteiger partial charge < -0.3 is 4.74 Å². The van der Waals surface area contributed by atoms with Crippen molar-refractivity contribution in [3.05, 3.63) is 17.5 Å². The van der Waals surface area contributed by atoms with Crippen molar-refractivity contribution in [3.63, 3.8) is 0 Å². The van der Waals surface area contributed by atoms with Gasteiger partial charge >= 0.3 is 5.97 Å². The number of hydrogen-bond acceptors (Lipinski definition) is 6. The second-order valence-corrected chi connectivity index (χ2v) is 6.38. The summed E-state index contributed by atoms with van der Waals surface area (Å²) in [7, 11) is -3.62. The van der Waals surface area contributed by atoms with Gasteiger partial charge in [0.2, 0.25) is 0 Å². The van der Waals surface area contributed by atoms with Gasteiger partial charge in [-0.2, -0.15) is 0 Å². The molecule has 7 heteroatoms. The van der Waals surface area contributed by atoms with Gasteiger partial charge in [-0.05, 0) is 18.4 Å². The Bertz CT molecular complexity index is 487. The van der Waals surface area contributed by atoms with Crippen LogP contribution in [0.2, 0.25) is 0 Å². The Hall–Kier alpha value is -1.21. The molecule has 0 saturated carbocycles. The molecule has 5 nitrogen and oxygen atoms in total. The molecule has 1 rings (SSSR count). The van der Waals surface area contributed by atoms with Crippen LogP contribution in [0.5, 0.6) is 0 Å². The molecule has 1 aromatic rings. The molecule has 1 aromatic heterocycles. The van der Waals surface area contributed by atoms with Gasteiger partial charge in [0.05, 0.1) is 6.61 Å². The molecular weight excluding hydrogens is 264 g/mol. The minimum absolute atomic E-state index is 0.134. The average Bonchev–Trinajstić information content (AvgIpc) is 2.69. The summed E-state index contributed by atoms with van der Waals surface area (Å²) >= 11 is 1.04. The molecule has 0 aliphatic carbocycles. The van der Waals surface area contributed by atoms with Crippen molar-refractivity contribution in [3.8, 4) is 0 Å². The Morgan fingerprint density at radius 3 is 2.65 bits per heavy atom. The smallest absolute Gasteiger partial charge is 0.313 e. The molecule has 0 N–H and O–H groups in total. The fourth-order valence-electron chi connectivity index (χ4n) is 1.15. The first-order valence-corrected chi connectivity index (χ1v) is 7.42. The molecule has 94 valence electrons. The summed E-state index contributed by atoms with van der Waals surface area (Å²) in [4.78, 5) is 22.4. The van der Waals surface area contributed by atoms with Gasteiger partial charge in [0.25, 0.3) is 0 Å². The second-order valence-electron chi connectivity index (χ2n) is 3.21. The fraction of sp³-hybridized carbons (Fsp3) is 0.400. The molecule has 0 radical (unpaired) electrons. The number of thiophene rings is 1. The lowest BCUT2D eigenvalue weighted by Gasteiger charge is -2.02. The number of carbonyl (C=O) groups excluding carboxylic acids is 2. The van der Waals surface area contributed by atoms with Crippen LogP contribution in [-0.4, -0.2) is 32.5 Å². The third-order valence-corrected chi connectivity index (χ3v) is 4.96. The fourth-order valence-corrected chi connectivity index (χ4v) is 3.48. The van der Waals surface area contributed by atoms with E-state index in [9.17, 15) is 18.0 Å². The van der Waals surface area contributed by atoms with Gasteiger partial charge in [-0.15, -0.1) is 11.3 Å². The van der Waals surface area contributed by atoms with Gasteiger partial charge in [0, 0.05) is 0 Å². The predicted octanol–water partition coefficient (Wildman–Crippen LogP) is 1.04. The molecule has 0 spiro atoms. The minimum atomic E-state index is -3.62. The van der Waals surface area contributed by atoms with Gasteiger partial charge in [-0.3, -0.25) is 9.59 Å². The van der Waals surface area contributed by atoms with Crippen LogP contribution in [0, 0.1) is 0 Å². The molecule has 0 aromatic carbocycles. The van der Waals surface area contributed by atoms with Crippen LogP contribution in [0.15, 0.2) is 21.7 Å². The summed E-state index contributed by atoms with van der Waals surface area (Å²) < 4.78 is 28.1. The molecule has 0 aliphatic heterocycles. The molecule has 0 fully saturated rings. The minimum Gasteiger partial charge on any atom is -0.466 e. The number of Topliss-reactive ketones (excluding diaryl/α,β-unsaturated/α-hetero) is 1. The van der Waals surface area contributed by atoms with Crippen LogP contribution < -0.4 is 0 Å². The van der Waals surface area contributed by atoms with Crippen molar-refractivity contribution in [2.75, 3.05) is 12.4 Å². The van der Waals surface area contributed by atoms with E-state index in [2.05, 4.69) is 4.74 Å². The van der Waals surface area contributed by atoms with E-state index in [1.54, 1.807) is 18.4 Å². The van der Waals surface area contributed by atoms with E-state index < -0.39 is 33.8 Å². The van der Waals surface area contributed by atoms with Gasteiger partial charge in [-0.1, -0.05) is 6.07 Å². The van der Waals surface area contributed by atoms with Crippen molar-refractivity contribution in [1.29, 1.82) is 0 Å². The molecule has 0 amide bonds. The molecule has 0 aliphatic rings.